The number of anilines is 1. The SMILES string of the molecule is CN1C(=CC(=O)CSc2ccc(Br)cc2)C(C)(C)c2ccccc21. The second-order valence-corrected chi connectivity index (χ2v) is 8.40. The molecule has 0 atom stereocenters. The Bertz CT molecular complexity index is 796. The number of nitrogens with zero attached hydrogens (tertiary/aromatic N) is 1. The summed E-state index contributed by atoms with van der Waals surface area (Å²) in [6.45, 7) is 4.35. The maximum absolute atomic E-state index is 12.5. The summed E-state index contributed by atoms with van der Waals surface area (Å²) in [4.78, 5) is 15.7. The smallest absolute Gasteiger partial charge is 0.167 e. The van der Waals surface area contributed by atoms with Gasteiger partial charge in [0.1, 0.15) is 0 Å². The van der Waals surface area contributed by atoms with Crippen molar-refractivity contribution in [3.8, 4) is 0 Å². The van der Waals surface area contributed by atoms with Crippen LogP contribution in [0, 0.1) is 0 Å². The molecule has 0 radical (unpaired) electrons. The lowest BCUT2D eigenvalue weighted by atomic mass is 9.83. The third-order valence-corrected chi connectivity index (χ3v) is 6.00. The van der Waals surface area contributed by atoms with Crippen molar-refractivity contribution in [3.05, 3.63) is 70.3 Å². The van der Waals surface area contributed by atoms with Gasteiger partial charge >= 0.3 is 0 Å². The van der Waals surface area contributed by atoms with Gasteiger partial charge in [-0.3, -0.25) is 4.79 Å². The van der Waals surface area contributed by atoms with E-state index < -0.39 is 0 Å². The number of thioether (sulfide) groups is 1. The Balaban J connectivity index is 1.76. The molecule has 0 saturated heterocycles. The monoisotopic (exact) mass is 401 g/mol. The molecule has 0 spiro atoms. The normalized spacial score (nSPS) is 17.2. The van der Waals surface area contributed by atoms with Crippen LogP contribution in [0.5, 0.6) is 0 Å². The van der Waals surface area contributed by atoms with Crippen molar-refractivity contribution in [1.29, 1.82) is 0 Å². The van der Waals surface area contributed by atoms with Crippen LogP contribution in [0.2, 0.25) is 0 Å². The topological polar surface area (TPSA) is 20.3 Å². The van der Waals surface area contributed by atoms with E-state index in [1.807, 2.05) is 43.5 Å². The van der Waals surface area contributed by atoms with E-state index in [4.69, 9.17) is 0 Å². The second-order valence-electron chi connectivity index (χ2n) is 6.44. The number of rotatable bonds is 4. The Morgan fingerprint density at radius 2 is 1.83 bits per heavy atom. The van der Waals surface area contributed by atoms with E-state index in [-0.39, 0.29) is 11.2 Å². The zero-order valence-electron chi connectivity index (χ0n) is 14.0. The first-order valence-corrected chi connectivity index (χ1v) is 9.64. The van der Waals surface area contributed by atoms with Gasteiger partial charge in [-0.1, -0.05) is 48.0 Å². The lowest BCUT2D eigenvalue weighted by molar-refractivity contribution is -0.112. The highest BCUT2D eigenvalue weighted by molar-refractivity contribution is 9.10. The van der Waals surface area contributed by atoms with Crippen molar-refractivity contribution in [2.45, 2.75) is 24.2 Å². The number of fused-ring (bicyclic) bond motifs is 1. The van der Waals surface area contributed by atoms with Crippen LogP contribution >= 0.6 is 27.7 Å². The fourth-order valence-corrected chi connectivity index (χ4v) is 4.12. The van der Waals surface area contributed by atoms with Crippen LogP contribution in [-0.4, -0.2) is 18.6 Å². The van der Waals surface area contributed by atoms with Crippen LogP contribution in [0.3, 0.4) is 0 Å². The summed E-state index contributed by atoms with van der Waals surface area (Å²) in [5.41, 5.74) is 3.36. The molecule has 1 heterocycles. The minimum absolute atomic E-state index is 0.144. The van der Waals surface area contributed by atoms with Crippen molar-refractivity contribution in [3.63, 3.8) is 0 Å². The number of hydrogen-bond donors (Lipinski definition) is 0. The van der Waals surface area contributed by atoms with Crippen LogP contribution in [-0.2, 0) is 10.2 Å². The summed E-state index contributed by atoms with van der Waals surface area (Å²) in [6.07, 6.45) is 1.81. The molecule has 0 amide bonds. The van der Waals surface area contributed by atoms with Gasteiger partial charge in [-0.15, -0.1) is 11.8 Å². The van der Waals surface area contributed by atoms with Crippen LogP contribution in [0.15, 0.2) is 69.7 Å². The molecule has 0 N–H and O–H groups in total. The van der Waals surface area contributed by atoms with Crippen molar-refractivity contribution in [1.82, 2.24) is 0 Å². The van der Waals surface area contributed by atoms with Gasteiger partial charge in [0.2, 0.25) is 0 Å². The summed E-state index contributed by atoms with van der Waals surface area (Å²) < 4.78 is 1.05. The van der Waals surface area contributed by atoms with E-state index in [1.165, 1.54) is 11.3 Å². The van der Waals surface area contributed by atoms with Crippen LogP contribution in [0.25, 0.3) is 0 Å². The van der Waals surface area contributed by atoms with Gasteiger partial charge in [0.15, 0.2) is 5.78 Å². The second kappa shape index (κ2) is 6.77. The number of para-hydroxylation sites is 1. The molecule has 0 aromatic heterocycles. The number of ketones is 1. The lowest BCUT2D eigenvalue weighted by Crippen LogP contribution is -2.24. The molecule has 24 heavy (non-hydrogen) atoms. The molecule has 2 nitrogen and oxygen atoms in total. The van der Waals surface area contributed by atoms with E-state index in [2.05, 4.69) is 52.9 Å². The number of carbonyl (C=O) groups excluding carboxylic acids is 1. The molecule has 0 bridgehead atoms. The van der Waals surface area contributed by atoms with Gasteiger partial charge in [-0.25, -0.2) is 0 Å². The summed E-state index contributed by atoms with van der Waals surface area (Å²) in [7, 11) is 2.04. The number of carbonyl (C=O) groups is 1. The van der Waals surface area contributed by atoms with Crippen molar-refractivity contribution in [2.75, 3.05) is 17.7 Å². The summed E-state index contributed by atoms with van der Waals surface area (Å²) in [5.74, 6) is 0.594. The van der Waals surface area contributed by atoms with E-state index in [0.29, 0.717) is 5.75 Å². The maximum Gasteiger partial charge on any atom is 0.167 e. The Hall–Kier alpha value is -1.52. The van der Waals surface area contributed by atoms with E-state index in [9.17, 15) is 4.79 Å². The lowest BCUT2D eigenvalue weighted by Gasteiger charge is -2.23. The first-order valence-electron chi connectivity index (χ1n) is 7.86. The van der Waals surface area contributed by atoms with Gasteiger partial charge in [0, 0.05) is 39.3 Å². The zero-order chi connectivity index (χ0) is 17.3. The molecule has 0 saturated carbocycles. The summed E-state index contributed by atoms with van der Waals surface area (Å²) in [5, 5.41) is 0. The van der Waals surface area contributed by atoms with Gasteiger partial charge in [-0.2, -0.15) is 0 Å². The largest absolute Gasteiger partial charge is 0.347 e. The Morgan fingerprint density at radius 1 is 1.17 bits per heavy atom. The molecular weight excluding hydrogens is 382 g/mol. The average Bonchev–Trinajstić information content (AvgIpc) is 2.76. The fraction of sp³-hybridized carbons (Fsp3) is 0.250. The van der Waals surface area contributed by atoms with Gasteiger partial charge < -0.3 is 4.90 Å². The molecule has 124 valence electrons. The Morgan fingerprint density at radius 3 is 2.50 bits per heavy atom. The third kappa shape index (κ3) is 3.31. The summed E-state index contributed by atoms with van der Waals surface area (Å²) in [6, 6.07) is 16.4. The predicted molar refractivity (Wildman–Crippen MR) is 106 cm³/mol. The molecule has 0 unspecified atom stereocenters. The first-order chi connectivity index (χ1) is 11.4. The standard InChI is InChI=1S/C20H20BrNOS/c1-20(2)17-6-4-5-7-18(17)22(3)19(20)12-15(23)13-24-16-10-8-14(21)9-11-16/h4-12H,13H2,1-3H3. The highest BCUT2D eigenvalue weighted by Crippen LogP contribution is 2.46. The van der Waals surface area contributed by atoms with Gasteiger partial charge in [-0.05, 0) is 35.9 Å². The summed E-state index contributed by atoms with van der Waals surface area (Å²) >= 11 is 5.00. The van der Waals surface area contributed by atoms with E-state index in [0.717, 1.165) is 15.1 Å². The number of allylic oxidation sites excluding steroid dienone is 2. The fourth-order valence-electron chi connectivity index (χ4n) is 3.14. The molecule has 0 fully saturated rings. The quantitative estimate of drug-likeness (QED) is 0.503. The number of halogens is 1. The molecule has 3 rings (SSSR count). The zero-order valence-corrected chi connectivity index (χ0v) is 16.4. The Labute approximate surface area is 156 Å². The van der Waals surface area contributed by atoms with Crippen molar-refractivity contribution >= 4 is 39.2 Å². The number of likely N-dealkylation sites (N-methyl/N-ethyl adjacent to an activating group) is 1. The average molecular weight is 402 g/mol. The Kier molecular flexibility index (Phi) is 4.88. The van der Waals surface area contributed by atoms with E-state index in [1.54, 1.807) is 11.8 Å². The number of hydrogen-bond acceptors (Lipinski definition) is 3. The van der Waals surface area contributed by atoms with Crippen molar-refractivity contribution in [2.24, 2.45) is 0 Å². The van der Waals surface area contributed by atoms with Gasteiger partial charge in [0.05, 0.1) is 5.75 Å². The molecule has 2 aromatic rings. The molecule has 2 aromatic carbocycles. The van der Waals surface area contributed by atoms with Crippen LogP contribution in [0.1, 0.15) is 19.4 Å². The molecule has 1 aliphatic rings. The van der Waals surface area contributed by atoms with Crippen LogP contribution < -0.4 is 4.90 Å². The molecular formula is C20H20BrNOS. The third-order valence-electron chi connectivity index (χ3n) is 4.43. The highest BCUT2D eigenvalue weighted by Gasteiger charge is 2.38. The van der Waals surface area contributed by atoms with E-state index >= 15 is 0 Å². The minimum Gasteiger partial charge on any atom is -0.347 e. The molecule has 1 aliphatic heterocycles. The predicted octanol–water partition coefficient (Wildman–Crippen LogP) is 5.42. The molecule has 4 heteroatoms. The minimum atomic E-state index is -0.150. The van der Waals surface area contributed by atoms with Gasteiger partial charge in [0.25, 0.3) is 0 Å². The molecule has 0 aliphatic carbocycles. The van der Waals surface area contributed by atoms with Crippen molar-refractivity contribution < 1.29 is 4.79 Å². The maximum atomic E-state index is 12.5. The highest BCUT2D eigenvalue weighted by atomic mass is 79.9. The first kappa shape index (κ1) is 17.3. The number of benzene rings is 2. The van der Waals surface area contributed by atoms with Crippen LogP contribution in [0.4, 0.5) is 5.69 Å².